The molecule has 0 aliphatic heterocycles. The minimum Gasteiger partial charge on any atom is -0.482 e. The van der Waals surface area contributed by atoms with Crippen molar-refractivity contribution in [3.63, 3.8) is 0 Å². The van der Waals surface area contributed by atoms with Crippen molar-refractivity contribution in [2.24, 2.45) is 0 Å². The van der Waals surface area contributed by atoms with Crippen LogP contribution in [0.15, 0.2) is 48.5 Å². The van der Waals surface area contributed by atoms with E-state index in [2.05, 4.69) is 5.32 Å². The van der Waals surface area contributed by atoms with Crippen LogP contribution in [0.2, 0.25) is 0 Å². The molecular weight excluding hydrogens is 327 g/mol. The number of benzene rings is 2. The zero-order chi connectivity index (χ0) is 18.1. The van der Waals surface area contributed by atoms with Crippen LogP contribution in [0.5, 0.6) is 5.75 Å². The Bertz CT molecular complexity index is 784. The van der Waals surface area contributed by atoms with Crippen LogP contribution < -0.4 is 10.1 Å². The number of carbonyl (C=O) groups is 2. The molecule has 0 saturated carbocycles. The highest BCUT2D eigenvalue weighted by molar-refractivity contribution is 5.80. The summed E-state index contributed by atoms with van der Waals surface area (Å²) in [7, 11) is 0. The van der Waals surface area contributed by atoms with Crippen LogP contribution in [0, 0.1) is 17.1 Å². The number of halogens is 1. The summed E-state index contributed by atoms with van der Waals surface area (Å²) in [5.74, 6) is -1.28. The number of nitriles is 1. The fraction of sp³-hybridized carbons (Fsp3) is 0.167. The van der Waals surface area contributed by atoms with Crippen LogP contribution in [0.3, 0.4) is 0 Å². The minimum atomic E-state index is -0.717. The molecule has 0 aliphatic carbocycles. The Morgan fingerprint density at radius 2 is 1.80 bits per heavy atom. The summed E-state index contributed by atoms with van der Waals surface area (Å²) < 4.78 is 23.3. The zero-order valence-electron chi connectivity index (χ0n) is 13.2. The molecule has 0 unspecified atom stereocenters. The van der Waals surface area contributed by atoms with Crippen LogP contribution in [-0.4, -0.2) is 25.1 Å². The molecule has 1 amide bonds. The number of rotatable bonds is 7. The smallest absolute Gasteiger partial charge is 0.344 e. The average molecular weight is 342 g/mol. The van der Waals surface area contributed by atoms with Crippen LogP contribution in [-0.2, 0) is 20.9 Å². The third kappa shape index (κ3) is 5.95. The van der Waals surface area contributed by atoms with Crippen molar-refractivity contribution in [2.45, 2.75) is 6.54 Å². The highest BCUT2D eigenvalue weighted by Crippen LogP contribution is 2.11. The second kappa shape index (κ2) is 9.03. The van der Waals surface area contributed by atoms with Gasteiger partial charge in [0.25, 0.3) is 5.91 Å². The lowest BCUT2D eigenvalue weighted by Crippen LogP contribution is -2.29. The summed E-state index contributed by atoms with van der Waals surface area (Å²) >= 11 is 0. The first kappa shape index (κ1) is 17.9. The van der Waals surface area contributed by atoms with Crippen LogP contribution in [0.25, 0.3) is 0 Å². The zero-order valence-corrected chi connectivity index (χ0v) is 13.2. The Morgan fingerprint density at radius 3 is 2.48 bits per heavy atom. The molecule has 0 heterocycles. The predicted octanol–water partition coefficient (Wildman–Crippen LogP) is 1.94. The third-order valence-electron chi connectivity index (χ3n) is 3.14. The van der Waals surface area contributed by atoms with Gasteiger partial charge in [0.15, 0.2) is 13.2 Å². The van der Waals surface area contributed by atoms with E-state index in [1.807, 2.05) is 6.07 Å². The Hall–Kier alpha value is -3.40. The summed E-state index contributed by atoms with van der Waals surface area (Å²) in [4.78, 5) is 23.1. The molecule has 0 saturated heterocycles. The molecule has 2 aromatic rings. The molecule has 0 atom stereocenters. The maximum absolute atomic E-state index is 13.4. The van der Waals surface area contributed by atoms with Gasteiger partial charge in [0.05, 0.1) is 11.6 Å². The van der Waals surface area contributed by atoms with Crippen molar-refractivity contribution < 1.29 is 23.5 Å². The lowest BCUT2D eigenvalue weighted by molar-refractivity contribution is -0.150. The topological polar surface area (TPSA) is 88.4 Å². The summed E-state index contributed by atoms with van der Waals surface area (Å²) in [5, 5.41) is 11.1. The highest BCUT2D eigenvalue weighted by Gasteiger charge is 2.09. The van der Waals surface area contributed by atoms with Gasteiger partial charge in [0.1, 0.15) is 11.6 Å². The average Bonchev–Trinajstić information content (AvgIpc) is 2.64. The molecule has 2 rings (SSSR count). The van der Waals surface area contributed by atoms with Crippen LogP contribution in [0.1, 0.15) is 11.1 Å². The van der Waals surface area contributed by atoms with Gasteiger partial charge in [-0.15, -0.1) is 0 Å². The Morgan fingerprint density at radius 1 is 1.08 bits per heavy atom. The van der Waals surface area contributed by atoms with Crippen molar-refractivity contribution in [1.82, 2.24) is 5.32 Å². The van der Waals surface area contributed by atoms with E-state index in [1.54, 1.807) is 42.5 Å². The first-order chi connectivity index (χ1) is 12.1. The molecule has 0 radical (unpaired) electrons. The predicted molar refractivity (Wildman–Crippen MR) is 85.9 cm³/mol. The van der Waals surface area contributed by atoms with Gasteiger partial charge in [-0.3, -0.25) is 4.79 Å². The number of ether oxygens (including phenoxy) is 2. The molecule has 0 aliphatic rings. The molecule has 0 bridgehead atoms. The Labute approximate surface area is 143 Å². The number of carbonyl (C=O) groups excluding carboxylic acids is 2. The Kier molecular flexibility index (Phi) is 6.48. The van der Waals surface area contributed by atoms with Gasteiger partial charge in [-0.25, -0.2) is 9.18 Å². The summed E-state index contributed by atoms with van der Waals surface area (Å²) in [6.45, 7) is -0.846. The second-order valence-corrected chi connectivity index (χ2v) is 4.95. The van der Waals surface area contributed by atoms with E-state index in [0.29, 0.717) is 16.9 Å². The fourth-order valence-corrected chi connectivity index (χ4v) is 1.84. The molecule has 128 valence electrons. The minimum absolute atomic E-state index is 0.00476. The standard InChI is InChI=1S/C18H15FN2O4/c19-16-4-2-1-3-14(16)10-21-17(22)11-25-18(23)12-24-15-7-5-13(9-20)6-8-15/h1-8H,10-12H2,(H,21,22). The molecule has 2 aromatic carbocycles. The van der Waals surface area contributed by atoms with E-state index in [4.69, 9.17) is 14.7 Å². The van der Waals surface area contributed by atoms with Gasteiger partial charge in [0.2, 0.25) is 0 Å². The SMILES string of the molecule is N#Cc1ccc(OCC(=O)OCC(=O)NCc2ccccc2F)cc1. The molecule has 0 fully saturated rings. The summed E-state index contributed by atoms with van der Waals surface area (Å²) in [5.41, 5.74) is 0.813. The van der Waals surface area contributed by atoms with E-state index in [-0.39, 0.29) is 13.2 Å². The molecule has 1 N–H and O–H groups in total. The first-order valence-electron chi connectivity index (χ1n) is 7.37. The molecule has 0 spiro atoms. The number of nitrogens with zero attached hydrogens (tertiary/aromatic N) is 1. The van der Waals surface area contributed by atoms with Crippen molar-refractivity contribution in [1.29, 1.82) is 5.26 Å². The van der Waals surface area contributed by atoms with Gasteiger partial charge >= 0.3 is 5.97 Å². The van der Waals surface area contributed by atoms with Crippen molar-refractivity contribution in [3.8, 4) is 11.8 Å². The third-order valence-corrected chi connectivity index (χ3v) is 3.14. The van der Waals surface area contributed by atoms with Crippen LogP contribution >= 0.6 is 0 Å². The van der Waals surface area contributed by atoms with Crippen LogP contribution in [0.4, 0.5) is 4.39 Å². The van der Waals surface area contributed by atoms with Crippen molar-refractivity contribution in [3.05, 3.63) is 65.5 Å². The fourth-order valence-electron chi connectivity index (χ4n) is 1.84. The van der Waals surface area contributed by atoms with Crippen molar-refractivity contribution in [2.75, 3.05) is 13.2 Å². The van der Waals surface area contributed by atoms with Crippen molar-refractivity contribution >= 4 is 11.9 Å². The monoisotopic (exact) mass is 342 g/mol. The van der Waals surface area contributed by atoms with E-state index in [0.717, 1.165) is 0 Å². The number of amides is 1. The van der Waals surface area contributed by atoms with E-state index >= 15 is 0 Å². The quantitative estimate of drug-likeness (QED) is 0.777. The maximum Gasteiger partial charge on any atom is 0.344 e. The lowest BCUT2D eigenvalue weighted by Gasteiger charge is -2.08. The largest absolute Gasteiger partial charge is 0.482 e. The number of hydrogen-bond acceptors (Lipinski definition) is 5. The normalized spacial score (nSPS) is 9.76. The van der Waals surface area contributed by atoms with Gasteiger partial charge in [-0.05, 0) is 30.3 Å². The first-order valence-corrected chi connectivity index (χ1v) is 7.37. The molecule has 25 heavy (non-hydrogen) atoms. The van der Waals surface area contributed by atoms with E-state index < -0.39 is 24.3 Å². The molecular formula is C18H15FN2O4. The molecule has 6 nitrogen and oxygen atoms in total. The van der Waals surface area contributed by atoms with Gasteiger partial charge < -0.3 is 14.8 Å². The number of hydrogen-bond donors (Lipinski definition) is 1. The van der Waals surface area contributed by atoms with Gasteiger partial charge in [-0.2, -0.15) is 5.26 Å². The summed E-state index contributed by atoms with van der Waals surface area (Å²) in [6, 6.07) is 14.2. The number of nitrogens with one attached hydrogen (secondary N) is 1. The van der Waals surface area contributed by atoms with E-state index in [1.165, 1.54) is 6.07 Å². The Balaban J connectivity index is 1.67. The second-order valence-electron chi connectivity index (χ2n) is 4.95. The molecule has 7 heteroatoms. The summed E-state index contributed by atoms with van der Waals surface area (Å²) in [6.07, 6.45) is 0. The van der Waals surface area contributed by atoms with E-state index in [9.17, 15) is 14.0 Å². The lowest BCUT2D eigenvalue weighted by atomic mass is 10.2. The maximum atomic E-state index is 13.4. The highest BCUT2D eigenvalue weighted by atomic mass is 19.1. The molecule has 0 aromatic heterocycles. The number of esters is 1. The van der Waals surface area contributed by atoms with Gasteiger partial charge in [-0.1, -0.05) is 18.2 Å². The van der Waals surface area contributed by atoms with Gasteiger partial charge in [0, 0.05) is 12.1 Å².